The number of anilines is 1. The number of benzene rings is 2. The summed E-state index contributed by atoms with van der Waals surface area (Å²) in [4.78, 5) is 44.7. The number of rotatable bonds is 8. The molecule has 4 rings (SSSR count). The lowest BCUT2D eigenvalue weighted by Gasteiger charge is -2.24. The first kappa shape index (κ1) is 26.0. The quantitative estimate of drug-likeness (QED) is 0.186. The van der Waals surface area contributed by atoms with Crippen LogP contribution in [0.3, 0.4) is 0 Å². The molecule has 1 aliphatic rings. The van der Waals surface area contributed by atoms with Crippen molar-refractivity contribution in [1.82, 2.24) is 4.98 Å². The molecule has 1 amide bonds. The SMILES string of the molecule is CCOc1ccc(C2C(=C(O)c3ccc(F)cc3)C(=O)C(=O)N2c2nc(C)c(C(C)=O)s2)cc1OCC. The van der Waals surface area contributed by atoms with Gasteiger partial charge in [0.15, 0.2) is 22.4 Å². The van der Waals surface area contributed by atoms with Crippen molar-refractivity contribution in [3.63, 3.8) is 0 Å². The third kappa shape index (κ3) is 4.84. The Morgan fingerprint density at radius 2 is 1.73 bits per heavy atom. The highest BCUT2D eigenvalue weighted by atomic mass is 32.1. The minimum absolute atomic E-state index is 0.139. The van der Waals surface area contributed by atoms with Crippen molar-refractivity contribution in [2.24, 2.45) is 0 Å². The zero-order valence-electron chi connectivity index (χ0n) is 20.7. The van der Waals surface area contributed by atoms with Gasteiger partial charge >= 0.3 is 5.91 Å². The monoisotopic (exact) mass is 524 g/mol. The molecule has 37 heavy (non-hydrogen) atoms. The number of Topliss-reactive ketones (excluding diaryl/α,β-unsaturated/α-hetero) is 2. The second kappa shape index (κ2) is 10.5. The van der Waals surface area contributed by atoms with Gasteiger partial charge in [0.05, 0.1) is 35.4 Å². The normalized spacial score (nSPS) is 16.8. The highest BCUT2D eigenvalue weighted by Gasteiger charge is 2.48. The van der Waals surface area contributed by atoms with Gasteiger partial charge in [0.1, 0.15) is 11.6 Å². The van der Waals surface area contributed by atoms with Crippen LogP contribution < -0.4 is 14.4 Å². The zero-order chi connectivity index (χ0) is 26.9. The molecule has 0 aliphatic carbocycles. The maximum atomic E-state index is 13.5. The smallest absolute Gasteiger partial charge is 0.301 e. The molecule has 0 saturated carbocycles. The third-order valence-corrected chi connectivity index (χ3v) is 7.01. The van der Waals surface area contributed by atoms with Gasteiger partial charge < -0.3 is 14.6 Å². The zero-order valence-corrected chi connectivity index (χ0v) is 21.5. The standard InChI is InChI=1S/C27H25FN2O6S/c1-5-35-19-12-9-17(13-20(19)36-6-2)22-21(23(32)16-7-10-18(28)11-8-16)24(33)26(34)30(22)27-29-14(3)25(37-27)15(4)31/h7-13,22,32H,5-6H2,1-4H3. The molecule has 1 saturated heterocycles. The fraction of sp³-hybridized carbons (Fsp3) is 0.259. The van der Waals surface area contributed by atoms with Crippen LogP contribution in [0.5, 0.6) is 11.5 Å². The average Bonchev–Trinajstić information content (AvgIpc) is 3.37. The minimum Gasteiger partial charge on any atom is -0.507 e. The van der Waals surface area contributed by atoms with Gasteiger partial charge in [0.2, 0.25) is 0 Å². The lowest BCUT2D eigenvalue weighted by atomic mass is 9.95. The van der Waals surface area contributed by atoms with E-state index in [1.54, 1.807) is 25.1 Å². The van der Waals surface area contributed by atoms with Crippen LogP contribution in [0.4, 0.5) is 9.52 Å². The summed E-state index contributed by atoms with van der Waals surface area (Å²) in [7, 11) is 0. The number of ether oxygens (including phenoxy) is 2. The molecule has 1 atom stereocenters. The number of amides is 1. The van der Waals surface area contributed by atoms with E-state index < -0.39 is 29.3 Å². The molecule has 2 heterocycles. The average molecular weight is 525 g/mol. The Balaban J connectivity index is 1.96. The van der Waals surface area contributed by atoms with Crippen molar-refractivity contribution >= 4 is 39.7 Å². The molecule has 0 radical (unpaired) electrons. The summed E-state index contributed by atoms with van der Waals surface area (Å²) in [6, 6.07) is 8.81. The molecule has 0 bridgehead atoms. The van der Waals surface area contributed by atoms with Gasteiger partial charge in [-0.2, -0.15) is 0 Å². The summed E-state index contributed by atoms with van der Waals surface area (Å²) in [6.45, 7) is 7.42. The van der Waals surface area contributed by atoms with E-state index in [4.69, 9.17) is 9.47 Å². The topological polar surface area (TPSA) is 106 Å². The van der Waals surface area contributed by atoms with Gasteiger partial charge in [0.25, 0.3) is 5.78 Å². The largest absolute Gasteiger partial charge is 0.507 e. The maximum absolute atomic E-state index is 13.5. The van der Waals surface area contributed by atoms with Crippen molar-refractivity contribution in [2.75, 3.05) is 18.1 Å². The van der Waals surface area contributed by atoms with Crippen LogP contribution in [-0.2, 0) is 9.59 Å². The highest BCUT2D eigenvalue weighted by Crippen LogP contribution is 2.45. The lowest BCUT2D eigenvalue weighted by molar-refractivity contribution is -0.132. The van der Waals surface area contributed by atoms with Gasteiger partial charge in [-0.1, -0.05) is 17.4 Å². The molecule has 8 nitrogen and oxygen atoms in total. The number of hydrogen-bond donors (Lipinski definition) is 1. The Morgan fingerprint density at radius 3 is 2.32 bits per heavy atom. The summed E-state index contributed by atoms with van der Waals surface area (Å²) >= 11 is 0.989. The Bertz CT molecular complexity index is 1410. The van der Waals surface area contributed by atoms with Crippen molar-refractivity contribution in [3.05, 3.63) is 75.6 Å². The Hall–Kier alpha value is -4.05. The first-order chi connectivity index (χ1) is 17.7. The molecule has 1 N–H and O–H groups in total. The first-order valence-corrected chi connectivity index (χ1v) is 12.4. The third-order valence-electron chi connectivity index (χ3n) is 5.76. The molecule has 192 valence electrons. The number of aromatic nitrogens is 1. The predicted octanol–water partition coefficient (Wildman–Crippen LogP) is 5.22. The predicted molar refractivity (Wildman–Crippen MR) is 137 cm³/mol. The number of hydrogen-bond acceptors (Lipinski definition) is 8. The molecular formula is C27H25FN2O6S. The number of aryl methyl sites for hydroxylation is 1. The molecule has 1 aromatic heterocycles. The summed E-state index contributed by atoms with van der Waals surface area (Å²) < 4.78 is 24.9. The van der Waals surface area contributed by atoms with Gasteiger partial charge in [0, 0.05) is 12.5 Å². The van der Waals surface area contributed by atoms with Gasteiger partial charge in [-0.25, -0.2) is 9.37 Å². The van der Waals surface area contributed by atoms with Crippen LogP contribution in [0.2, 0.25) is 0 Å². The molecule has 1 aliphatic heterocycles. The summed E-state index contributed by atoms with van der Waals surface area (Å²) in [5, 5.41) is 11.3. The van der Waals surface area contributed by atoms with E-state index in [2.05, 4.69) is 4.98 Å². The Morgan fingerprint density at radius 1 is 1.08 bits per heavy atom. The second-order valence-electron chi connectivity index (χ2n) is 8.22. The molecule has 3 aromatic rings. The van der Waals surface area contributed by atoms with E-state index in [0.717, 1.165) is 23.5 Å². The van der Waals surface area contributed by atoms with Crippen LogP contribution >= 0.6 is 11.3 Å². The first-order valence-electron chi connectivity index (χ1n) is 11.6. The van der Waals surface area contributed by atoms with Crippen molar-refractivity contribution in [1.29, 1.82) is 0 Å². The van der Waals surface area contributed by atoms with E-state index in [1.165, 1.54) is 24.0 Å². The van der Waals surface area contributed by atoms with E-state index in [9.17, 15) is 23.9 Å². The Labute approximate surface area is 217 Å². The van der Waals surface area contributed by atoms with E-state index in [-0.39, 0.29) is 22.1 Å². The summed E-state index contributed by atoms with van der Waals surface area (Å²) in [5.41, 5.74) is 0.848. The lowest BCUT2D eigenvalue weighted by Crippen LogP contribution is -2.29. The molecule has 10 heteroatoms. The van der Waals surface area contributed by atoms with Crippen molar-refractivity contribution in [2.45, 2.75) is 33.7 Å². The van der Waals surface area contributed by atoms with Crippen molar-refractivity contribution < 1.29 is 33.4 Å². The second-order valence-corrected chi connectivity index (χ2v) is 9.19. The van der Waals surface area contributed by atoms with Crippen LogP contribution in [0, 0.1) is 12.7 Å². The van der Waals surface area contributed by atoms with Crippen molar-refractivity contribution in [3.8, 4) is 11.5 Å². The van der Waals surface area contributed by atoms with Gasteiger partial charge in [-0.15, -0.1) is 0 Å². The summed E-state index contributed by atoms with van der Waals surface area (Å²) in [6.07, 6.45) is 0. The number of aliphatic hydroxyl groups excluding tert-OH is 1. The number of halogens is 1. The fourth-order valence-corrected chi connectivity index (χ4v) is 5.15. The van der Waals surface area contributed by atoms with Crippen LogP contribution in [0.15, 0.2) is 48.0 Å². The number of carbonyl (C=O) groups excluding carboxylic acids is 3. The van der Waals surface area contributed by atoms with Crippen LogP contribution in [-0.4, -0.2) is 40.8 Å². The maximum Gasteiger partial charge on any atom is 0.301 e. The summed E-state index contributed by atoms with van der Waals surface area (Å²) in [5.74, 6) is -2.17. The molecule has 1 unspecified atom stereocenters. The number of carbonyl (C=O) groups is 3. The van der Waals surface area contributed by atoms with Gasteiger partial charge in [-0.05, 0) is 62.7 Å². The minimum atomic E-state index is -1.09. The van der Waals surface area contributed by atoms with E-state index in [1.807, 2.05) is 13.8 Å². The molecule has 1 fully saturated rings. The number of aliphatic hydroxyl groups is 1. The highest BCUT2D eigenvalue weighted by molar-refractivity contribution is 7.18. The fourth-order valence-electron chi connectivity index (χ4n) is 4.16. The molecule has 0 spiro atoms. The van der Waals surface area contributed by atoms with E-state index >= 15 is 0 Å². The number of nitrogens with zero attached hydrogens (tertiary/aromatic N) is 2. The number of ketones is 2. The van der Waals surface area contributed by atoms with E-state index in [0.29, 0.717) is 40.8 Å². The van der Waals surface area contributed by atoms with Crippen LogP contribution in [0.1, 0.15) is 53.3 Å². The van der Waals surface area contributed by atoms with Gasteiger partial charge in [-0.3, -0.25) is 19.3 Å². The number of thiazole rings is 1. The van der Waals surface area contributed by atoms with Crippen LogP contribution in [0.25, 0.3) is 5.76 Å². The Kier molecular flexibility index (Phi) is 7.40. The molecular weight excluding hydrogens is 499 g/mol. The molecule has 2 aromatic carbocycles.